The summed E-state index contributed by atoms with van der Waals surface area (Å²) < 4.78 is 13.7. The van der Waals surface area contributed by atoms with Crippen LogP contribution < -0.4 is 10.6 Å². The number of hydrogen-bond acceptors (Lipinski definition) is 3. The Morgan fingerprint density at radius 1 is 1.04 bits per heavy atom. The molecule has 0 spiro atoms. The Bertz CT molecular complexity index is 867. The molecule has 27 heavy (non-hydrogen) atoms. The molecule has 1 aliphatic rings. The van der Waals surface area contributed by atoms with Gasteiger partial charge in [0.25, 0.3) is 0 Å². The van der Waals surface area contributed by atoms with E-state index in [4.69, 9.17) is 0 Å². The van der Waals surface area contributed by atoms with Crippen LogP contribution in [0.5, 0.6) is 0 Å². The molecule has 2 aromatic rings. The van der Waals surface area contributed by atoms with E-state index in [1.807, 2.05) is 0 Å². The zero-order valence-corrected chi connectivity index (χ0v) is 14.9. The molecule has 0 unspecified atom stereocenters. The van der Waals surface area contributed by atoms with Gasteiger partial charge in [-0.15, -0.1) is 0 Å². The number of ketones is 1. The smallest absolute Gasteiger partial charge is 0.322 e. The van der Waals surface area contributed by atoms with Crippen LogP contribution in [0.25, 0.3) is 0 Å². The summed E-state index contributed by atoms with van der Waals surface area (Å²) in [7, 11) is 0. The predicted molar refractivity (Wildman–Crippen MR) is 100 cm³/mol. The molecule has 1 fully saturated rings. The Morgan fingerprint density at radius 2 is 1.74 bits per heavy atom. The molecule has 0 aliphatic carbocycles. The minimum Gasteiger partial charge on any atom is -0.324 e. The fraction of sp³-hybridized carbons (Fsp3) is 0.250. The number of nitrogens with one attached hydrogen (secondary N) is 2. The number of hydrogen-bond donors (Lipinski definition) is 2. The number of likely N-dealkylation sites (tertiary alicyclic amines) is 1. The summed E-state index contributed by atoms with van der Waals surface area (Å²) in [6, 6.07) is 11.3. The second kappa shape index (κ2) is 7.99. The summed E-state index contributed by atoms with van der Waals surface area (Å²) in [5.41, 5.74) is 1.18. The van der Waals surface area contributed by atoms with E-state index in [0.29, 0.717) is 30.6 Å². The van der Waals surface area contributed by atoms with Crippen molar-refractivity contribution in [2.45, 2.75) is 25.8 Å². The Labute approximate surface area is 156 Å². The number of carbonyl (C=O) groups is 3. The van der Waals surface area contributed by atoms with Gasteiger partial charge in [0.1, 0.15) is 11.9 Å². The minimum absolute atomic E-state index is 0.0559. The lowest BCUT2D eigenvalue weighted by Crippen LogP contribution is -2.45. The molecule has 1 heterocycles. The molecule has 1 atom stereocenters. The highest BCUT2D eigenvalue weighted by molar-refractivity contribution is 6.00. The van der Waals surface area contributed by atoms with Gasteiger partial charge in [-0.2, -0.15) is 0 Å². The minimum atomic E-state index is -0.635. The first-order chi connectivity index (χ1) is 13.0. The van der Waals surface area contributed by atoms with Crippen molar-refractivity contribution in [1.29, 1.82) is 0 Å². The number of amides is 3. The first-order valence-electron chi connectivity index (χ1n) is 8.70. The van der Waals surface area contributed by atoms with Crippen molar-refractivity contribution < 1.29 is 18.8 Å². The van der Waals surface area contributed by atoms with Crippen molar-refractivity contribution in [2.24, 2.45) is 0 Å². The van der Waals surface area contributed by atoms with Crippen LogP contribution in [0, 0.1) is 5.82 Å². The number of carbonyl (C=O) groups excluding carboxylic acids is 3. The van der Waals surface area contributed by atoms with Crippen LogP contribution in [0.4, 0.5) is 20.6 Å². The number of urea groups is 1. The van der Waals surface area contributed by atoms with Crippen LogP contribution in [-0.2, 0) is 4.79 Å². The van der Waals surface area contributed by atoms with Crippen LogP contribution in [0.1, 0.15) is 30.1 Å². The molecule has 2 N–H and O–H groups in total. The fourth-order valence-corrected chi connectivity index (χ4v) is 3.05. The summed E-state index contributed by atoms with van der Waals surface area (Å²) in [5, 5.41) is 5.28. The summed E-state index contributed by atoms with van der Waals surface area (Å²) >= 11 is 0. The van der Waals surface area contributed by atoms with Gasteiger partial charge in [0, 0.05) is 17.8 Å². The van der Waals surface area contributed by atoms with E-state index in [0.717, 1.165) is 0 Å². The quantitative estimate of drug-likeness (QED) is 0.807. The molecule has 1 saturated heterocycles. The van der Waals surface area contributed by atoms with Crippen molar-refractivity contribution in [1.82, 2.24) is 4.90 Å². The Hall–Kier alpha value is -3.22. The molecule has 0 bridgehead atoms. The second-order valence-electron chi connectivity index (χ2n) is 6.38. The van der Waals surface area contributed by atoms with Gasteiger partial charge in [0.15, 0.2) is 5.78 Å². The highest BCUT2D eigenvalue weighted by Gasteiger charge is 2.34. The summed E-state index contributed by atoms with van der Waals surface area (Å²) in [6.45, 7) is 1.89. The highest BCUT2D eigenvalue weighted by Crippen LogP contribution is 2.22. The van der Waals surface area contributed by atoms with E-state index in [-0.39, 0.29) is 17.4 Å². The predicted octanol–water partition coefficient (Wildman–Crippen LogP) is 3.66. The monoisotopic (exact) mass is 369 g/mol. The van der Waals surface area contributed by atoms with E-state index >= 15 is 0 Å². The third kappa shape index (κ3) is 4.31. The molecule has 7 heteroatoms. The first-order valence-corrected chi connectivity index (χ1v) is 8.70. The largest absolute Gasteiger partial charge is 0.324 e. The third-order valence-electron chi connectivity index (χ3n) is 4.49. The van der Waals surface area contributed by atoms with Crippen molar-refractivity contribution in [3.8, 4) is 0 Å². The van der Waals surface area contributed by atoms with Crippen LogP contribution >= 0.6 is 0 Å². The van der Waals surface area contributed by atoms with E-state index < -0.39 is 17.9 Å². The van der Waals surface area contributed by atoms with Crippen LogP contribution in [0.3, 0.4) is 0 Å². The van der Waals surface area contributed by atoms with Crippen LogP contribution in [0.2, 0.25) is 0 Å². The number of benzene rings is 2. The molecule has 0 radical (unpaired) electrons. The van der Waals surface area contributed by atoms with Gasteiger partial charge in [-0.25, -0.2) is 9.18 Å². The second-order valence-corrected chi connectivity index (χ2v) is 6.38. The molecular weight excluding hydrogens is 349 g/mol. The average Bonchev–Trinajstić information content (AvgIpc) is 3.14. The molecule has 0 aromatic heterocycles. The number of anilines is 2. The number of para-hydroxylation sites is 1. The zero-order chi connectivity index (χ0) is 19.4. The maximum atomic E-state index is 13.7. The molecule has 3 amide bonds. The lowest BCUT2D eigenvalue weighted by molar-refractivity contribution is -0.119. The third-order valence-corrected chi connectivity index (χ3v) is 4.49. The number of Topliss-reactive ketones (excluding diaryl/α,β-unsaturated/α-hetero) is 1. The Morgan fingerprint density at radius 3 is 2.41 bits per heavy atom. The highest BCUT2D eigenvalue weighted by atomic mass is 19.1. The SMILES string of the molecule is CC(=O)c1ccc(NC(=O)[C@@H]2CCCN2C(=O)Nc2ccccc2F)cc1. The van der Waals surface area contributed by atoms with Crippen molar-refractivity contribution >= 4 is 29.1 Å². The van der Waals surface area contributed by atoms with Crippen LogP contribution in [0.15, 0.2) is 48.5 Å². The Balaban J connectivity index is 1.66. The first kappa shape index (κ1) is 18.6. The van der Waals surface area contributed by atoms with Gasteiger partial charge in [0.05, 0.1) is 5.69 Å². The van der Waals surface area contributed by atoms with Gasteiger partial charge < -0.3 is 15.5 Å². The molecule has 6 nitrogen and oxygen atoms in total. The molecule has 140 valence electrons. The topological polar surface area (TPSA) is 78.5 Å². The van der Waals surface area contributed by atoms with Gasteiger partial charge >= 0.3 is 6.03 Å². The molecule has 1 aliphatic heterocycles. The lowest BCUT2D eigenvalue weighted by Gasteiger charge is -2.24. The molecule has 3 rings (SSSR count). The van der Waals surface area contributed by atoms with Crippen molar-refractivity contribution in [3.63, 3.8) is 0 Å². The molecule has 2 aromatic carbocycles. The number of halogens is 1. The van der Waals surface area contributed by atoms with Gasteiger partial charge in [-0.1, -0.05) is 12.1 Å². The van der Waals surface area contributed by atoms with E-state index in [1.54, 1.807) is 30.3 Å². The van der Waals surface area contributed by atoms with E-state index in [1.165, 1.54) is 30.0 Å². The summed E-state index contributed by atoms with van der Waals surface area (Å²) in [4.78, 5) is 37.8. The average molecular weight is 369 g/mol. The fourth-order valence-electron chi connectivity index (χ4n) is 3.05. The molecule has 0 saturated carbocycles. The van der Waals surface area contributed by atoms with Crippen molar-refractivity contribution in [2.75, 3.05) is 17.2 Å². The van der Waals surface area contributed by atoms with Crippen LogP contribution in [-0.4, -0.2) is 35.2 Å². The maximum absolute atomic E-state index is 13.7. The standard InChI is InChI=1S/C20H20FN3O3/c1-13(25)14-8-10-15(11-9-14)22-19(26)18-7-4-12-24(18)20(27)23-17-6-3-2-5-16(17)21/h2-3,5-6,8-11,18H,4,7,12H2,1H3,(H,22,26)(H,23,27)/t18-/m0/s1. The molecular formula is C20H20FN3O3. The Kier molecular flexibility index (Phi) is 5.49. The summed E-state index contributed by atoms with van der Waals surface area (Å²) in [6.07, 6.45) is 1.22. The van der Waals surface area contributed by atoms with E-state index in [2.05, 4.69) is 10.6 Å². The zero-order valence-electron chi connectivity index (χ0n) is 14.9. The number of rotatable bonds is 4. The van der Waals surface area contributed by atoms with E-state index in [9.17, 15) is 18.8 Å². The van der Waals surface area contributed by atoms with Gasteiger partial charge in [-0.3, -0.25) is 9.59 Å². The van der Waals surface area contributed by atoms with Crippen molar-refractivity contribution in [3.05, 3.63) is 59.9 Å². The maximum Gasteiger partial charge on any atom is 0.322 e. The van der Waals surface area contributed by atoms with Gasteiger partial charge in [0.2, 0.25) is 5.91 Å². The lowest BCUT2D eigenvalue weighted by atomic mass is 10.1. The number of nitrogens with zero attached hydrogens (tertiary/aromatic N) is 1. The summed E-state index contributed by atoms with van der Waals surface area (Å²) in [5.74, 6) is -0.900. The van der Waals surface area contributed by atoms with Gasteiger partial charge in [-0.05, 0) is 56.2 Å². The normalized spacial score (nSPS) is 16.1.